The normalized spacial score (nSPS) is 15.7. The summed E-state index contributed by atoms with van der Waals surface area (Å²) < 4.78 is 58.7. The van der Waals surface area contributed by atoms with E-state index in [1.54, 1.807) is 4.90 Å². The number of rotatable bonds is 4. The lowest BCUT2D eigenvalue weighted by Crippen LogP contribution is -2.49. The highest BCUT2D eigenvalue weighted by Crippen LogP contribution is 2.24. The molecule has 0 atom stereocenters. The van der Waals surface area contributed by atoms with Gasteiger partial charge in [0.25, 0.3) is 11.8 Å². The minimum atomic E-state index is -4.05. The molecule has 1 aromatic heterocycles. The smallest absolute Gasteiger partial charge is 0.266 e. The molecule has 10 heteroatoms. The maximum Gasteiger partial charge on any atom is 0.266 e. The summed E-state index contributed by atoms with van der Waals surface area (Å²) >= 11 is 0. The van der Waals surface area contributed by atoms with Crippen molar-refractivity contribution in [2.45, 2.75) is 4.90 Å². The van der Waals surface area contributed by atoms with Crippen LogP contribution in [0.15, 0.2) is 57.9 Å². The number of nitrogens with zero attached hydrogens (tertiary/aromatic N) is 4. The van der Waals surface area contributed by atoms with Crippen molar-refractivity contribution < 1.29 is 21.7 Å². The van der Waals surface area contributed by atoms with Crippen LogP contribution >= 0.6 is 0 Å². The van der Waals surface area contributed by atoms with E-state index in [-0.39, 0.29) is 13.1 Å². The summed E-state index contributed by atoms with van der Waals surface area (Å²) in [5.41, 5.74) is 0.786. The summed E-state index contributed by atoms with van der Waals surface area (Å²) in [6.45, 7) is 0.869. The van der Waals surface area contributed by atoms with Crippen LogP contribution in [0.3, 0.4) is 0 Å². The Kier molecular flexibility index (Phi) is 4.82. The monoisotopic (exact) mass is 406 g/mol. The molecule has 1 aliphatic rings. The van der Waals surface area contributed by atoms with Crippen molar-refractivity contribution in [1.29, 1.82) is 0 Å². The molecule has 1 saturated heterocycles. The summed E-state index contributed by atoms with van der Waals surface area (Å²) in [5, 5.41) is 3.96. The largest absolute Gasteiger partial charge is 0.336 e. The van der Waals surface area contributed by atoms with Crippen LogP contribution in [0.1, 0.15) is 0 Å². The summed E-state index contributed by atoms with van der Waals surface area (Å²) in [4.78, 5) is 5.61. The lowest BCUT2D eigenvalue weighted by molar-refractivity contribution is 0.375. The molecular weight excluding hydrogens is 390 g/mol. The zero-order valence-corrected chi connectivity index (χ0v) is 15.4. The van der Waals surface area contributed by atoms with E-state index in [9.17, 15) is 17.2 Å². The maximum atomic E-state index is 13.9. The van der Waals surface area contributed by atoms with E-state index in [1.807, 2.05) is 30.3 Å². The second-order valence-electron chi connectivity index (χ2n) is 6.23. The summed E-state index contributed by atoms with van der Waals surface area (Å²) in [7, 11) is -4.05. The molecule has 0 saturated carbocycles. The number of aromatic nitrogens is 2. The molecule has 28 heavy (non-hydrogen) atoms. The fraction of sp³-hybridized carbons (Fsp3) is 0.222. The number of anilines is 1. The highest BCUT2D eigenvalue weighted by Gasteiger charge is 2.32. The Morgan fingerprint density at radius 2 is 1.68 bits per heavy atom. The lowest BCUT2D eigenvalue weighted by Gasteiger charge is -2.33. The number of hydrogen-bond donors (Lipinski definition) is 0. The third-order valence-electron chi connectivity index (χ3n) is 4.47. The van der Waals surface area contributed by atoms with E-state index in [0.717, 1.165) is 22.0 Å². The van der Waals surface area contributed by atoms with Crippen LogP contribution in [0, 0.1) is 11.6 Å². The van der Waals surface area contributed by atoms with E-state index < -0.39 is 26.6 Å². The van der Waals surface area contributed by atoms with E-state index in [1.165, 1.54) is 0 Å². The van der Waals surface area contributed by atoms with Gasteiger partial charge in [-0.25, -0.2) is 17.2 Å². The Morgan fingerprint density at radius 3 is 2.36 bits per heavy atom. The van der Waals surface area contributed by atoms with Crippen LogP contribution in [-0.2, 0) is 10.0 Å². The van der Waals surface area contributed by atoms with Crippen molar-refractivity contribution in [3.8, 4) is 11.5 Å². The topological polar surface area (TPSA) is 79.5 Å². The summed E-state index contributed by atoms with van der Waals surface area (Å²) in [6, 6.07) is 11.7. The molecule has 2 aromatic carbocycles. The quantitative estimate of drug-likeness (QED) is 0.663. The van der Waals surface area contributed by atoms with E-state index >= 15 is 0 Å². The molecule has 0 bridgehead atoms. The third-order valence-corrected chi connectivity index (χ3v) is 6.40. The van der Waals surface area contributed by atoms with Crippen LogP contribution in [0.25, 0.3) is 11.5 Å². The van der Waals surface area contributed by atoms with Gasteiger partial charge in [-0.2, -0.15) is 9.29 Å². The average molecular weight is 406 g/mol. The van der Waals surface area contributed by atoms with Crippen molar-refractivity contribution in [1.82, 2.24) is 14.4 Å². The van der Waals surface area contributed by atoms with E-state index in [4.69, 9.17) is 4.52 Å². The van der Waals surface area contributed by atoms with Crippen molar-refractivity contribution >= 4 is 16.0 Å². The first kappa shape index (κ1) is 18.5. The highest BCUT2D eigenvalue weighted by atomic mass is 32.2. The third kappa shape index (κ3) is 3.48. The van der Waals surface area contributed by atoms with Crippen LogP contribution in [-0.4, -0.2) is 49.0 Å². The van der Waals surface area contributed by atoms with Crippen LogP contribution in [0.4, 0.5) is 14.7 Å². The van der Waals surface area contributed by atoms with Gasteiger partial charge < -0.3 is 9.42 Å². The molecular formula is C18H16F2N4O3S. The van der Waals surface area contributed by atoms with Gasteiger partial charge in [0.15, 0.2) is 0 Å². The number of hydrogen-bond acceptors (Lipinski definition) is 6. The molecule has 3 aromatic rings. The molecule has 4 rings (SSSR count). The Morgan fingerprint density at radius 1 is 0.964 bits per heavy atom. The molecule has 0 radical (unpaired) electrons. The second-order valence-corrected chi connectivity index (χ2v) is 8.14. The van der Waals surface area contributed by atoms with Gasteiger partial charge in [0, 0.05) is 37.8 Å². The number of benzene rings is 2. The molecule has 0 unspecified atom stereocenters. The lowest BCUT2D eigenvalue weighted by atomic mass is 10.2. The van der Waals surface area contributed by atoms with Gasteiger partial charge in [-0.3, -0.25) is 0 Å². The zero-order chi connectivity index (χ0) is 19.7. The fourth-order valence-electron chi connectivity index (χ4n) is 2.99. The Labute approximate surface area is 160 Å². The molecule has 2 heterocycles. The molecule has 7 nitrogen and oxygen atoms in total. The predicted octanol–water partition coefficient (Wildman–Crippen LogP) is 2.53. The van der Waals surface area contributed by atoms with Gasteiger partial charge in [0.05, 0.1) is 0 Å². The van der Waals surface area contributed by atoms with Crippen LogP contribution in [0.2, 0.25) is 0 Å². The summed E-state index contributed by atoms with van der Waals surface area (Å²) in [5.74, 6) is -1.19. The second kappa shape index (κ2) is 7.28. The van der Waals surface area contributed by atoms with E-state index in [2.05, 4.69) is 10.1 Å². The number of sulfonamides is 1. The van der Waals surface area contributed by atoms with Gasteiger partial charge >= 0.3 is 0 Å². The first-order valence-corrected chi connectivity index (χ1v) is 9.98. The Balaban J connectivity index is 1.47. The molecule has 0 spiro atoms. The maximum absolute atomic E-state index is 13.9. The first-order valence-electron chi connectivity index (χ1n) is 8.54. The Hall–Kier alpha value is -2.85. The predicted molar refractivity (Wildman–Crippen MR) is 97.1 cm³/mol. The number of halogens is 2. The zero-order valence-electron chi connectivity index (χ0n) is 14.6. The first-order chi connectivity index (χ1) is 13.4. The van der Waals surface area contributed by atoms with Crippen LogP contribution in [0.5, 0.6) is 0 Å². The molecule has 1 fully saturated rings. The fourth-order valence-corrected chi connectivity index (χ4v) is 4.46. The van der Waals surface area contributed by atoms with Gasteiger partial charge in [-0.1, -0.05) is 18.2 Å². The molecule has 1 aliphatic heterocycles. The minimum Gasteiger partial charge on any atom is -0.336 e. The van der Waals surface area contributed by atoms with Crippen molar-refractivity contribution in [3.63, 3.8) is 0 Å². The standard InChI is InChI=1S/C18H16F2N4O3S/c19-14-6-7-16(15(20)12-14)28(25,26)24-10-8-23(9-11-24)18-21-17(27-22-18)13-4-2-1-3-5-13/h1-7,12H,8-11H2. The molecule has 0 N–H and O–H groups in total. The Bertz CT molecular complexity index is 1080. The summed E-state index contributed by atoms with van der Waals surface area (Å²) in [6.07, 6.45) is 0. The van der Waals surface area contributed by atoms with Gasteiger partial charge in [0.2, 0.25) is 10.0 Å². The minimum absolute atomic E-state index is 0.119. The van der Waals surface area contributed by atoms with Gasteiger partial charge in [0.1, 0.15) is 16.5 Å². The SMILES string of the molecule is O=S(=O)(c1ccc(F)cc1F)N1CCN(c2noc(-c3ccccc3)n2)CC1. The van der Waals surface area contributed by atoms with Gasteiger partial charge in [-0.05, 0) is 29.4 Å². The van der Waals surface area contributed by atoms with Gasteiger partial charge in [-0.15, -0.1) is 0 Å². The molecule has 0 aliphatic carbocycles. The number of piperazine rings is 1. The van der Waals surface area contributed by atoms with Crippen molar-refractivity contribution in [2.75, 3.05) is 31.1 Å². The van der Waals surface area contributed by atoms with Crippen molar-refractivity contribution in [2.24, 2.45) is 0 Å². The van der Waals surface area contributed by atoms with E-state index in [0.29, 0.717) is 31.0 Å². The molecule has 0 amide bonds. The van der Waals surface area contributed by atoms with Crippen LogP contribution < -0.4 is 4.90 Å². The molecule has 146 valence electrons. The average Bonchev–Trinajstić information content (AvgIpc) is 3.19. The van der Waals surface area contributed by atoms with Crippen molar-refractivity contribution in [3.05, 3.63) is 60.2 Å². The highest BCUT2D eigenvalue weighted by molar-refractivity contribution is 7.89.